The first-order valence-electron chi connectivity index (χ1n) is 5.71. The smallest absolute Gasteiger partial charge is 0.183 e. The first kappa shape index (κ1) is 16.1. The Morgan fingerprint density at radius 1 is 1.05 bits per heavy atom. The zero-order valence-electron chi connectivity index (χ0n) is 11.6. The molecule has 0 aliphatic carbocycles. The Labute approximate surface area is 125 Å². The molecular weight excluding hydrogens is 284 g/mol. The number of carbonyl (C=O) groups is 1. The zero-order valence-corrected chi connectivity index (χ0v) is 11.6. The summed E-state index contributed by atoms with van der Waals surface area (Å²) in [5.74, 6) is -0.0116. The van der Waals surface area contributed by atoms with Gasteiger partial charge in [0.05, 0.1) is 0 Å². The number of nitriles is 4. The number of aromatic nitrogens is 3. The van der Waals surface area contributed by atoms with Gasteiger partial charge in [0.2, 0.25) is 0 Å². The van der Waals surface area contributed by atoms with Crippen LogP contribution in [0, 0.1) is 45.3 Å². The van der Waals surface area contributed by atoms with E-state index < -0.39 is 0 Å². The molecule has 0 aliphatic rings. The van der Waals surface area contributed by atoms with Gasteiger partial charge in [0.15, 0.2) is 17.0 Å². The maximum Gasteiger partial charge on any atom is 0.183 e. The van der Waals surface area contributed by atoms with Crippen LogP contribution in [0.3, 0.4) is 0 Å². The van der Waals surface area contributed by atoms with Crippen LogP contribution >= 0.6 is 0 Å². The first-order valence-corrected chi connectivity index (χ1v) is 5.71. The van der Waals surface area contributed by atoms with Crippen LogP contribution in [0.4, 0.5) is 5.82 Å². The van der Waals surface area contributed by atoms with Gasteiger partial charge >= 0.3 is 0 Å². The van der Waals surface area contributed by atoms with Crippen molar-refractivity contribution in [1.29, 1.82) is 21.0 Å². The van der Waals surface area contributed by atoms with Crippen molar-refractivity contribution in [2.24, 2.45) is 0 Å². The third-order valence-corrected chi connectivity index (χ3v) is 2.23. The number of carbonyl (C=O) groups excluding carboxylic acids is 1. The molecular formula is C13H8N8O. The molecule has 2 aromatic rings. The lowest BCUT2D eigenvalue weighted by Gasteiger charge is -2.01. The molecule has 2 heterocycles. The number of nitrogen functional groups attached to an aromatic ring is 1. The molecule has 2 N–H and O–H groups in total. The summed E-state index contributed by atoms with van der Waals surface area (Å²) in [7, 11) is 0. The minimum Gasteiger partial charge on any atom is -0.382 e. The van der Waals surface area contributed by atoms with Crippen LogP contribution in [0.15, 0.2) is 0 Å². The highest BCUT2D eigenvalue weighted by atomic mass is 16.1. The Morgan fingerprint density at radius 2 is 1.59 bits per heavy atom. The summed E-state index contributed by atoms with van der Waals surface area (Å²) >= 11 is 0. The van der Waals surface area contributed by atoms with E-state index in [2.05, 4.69) is 10.1 Å². The second-order valence-electron chi connectivity index (χ2n) is 4.04. The lowest BCUT2D eigenvalue weighted by Crippen LogP contribution is -2.06. The average molecular weight is 292 g/mol. The van der Waals surface area contributed by atoms with Crippen LogP contribution in [0.25, 0.3) is 5.65 Å². The number of Topliss-reactive ketones (excluding diaryl/α,β-unsaturated/α-hetero) is 1. The largest absolute Gasteiger partial charge is 0.382 e. The molecule has 0 saturated carbocycles. The zero-order chi connectivity index (χ0) is 16.9. The summed E-state index contributed by atoms with van der Waals surface area (Å²) in [6.07, 6.45) is 0. The van der Waals surface area contributed by atoms with Gasteiger partial charge in [-0.2, -0.15) is 26.1 Å². The van der Waals surface area contributed by atoms with Gasteiger partial charge in [-0.15, -0.1) is 0 Å². The van der Waals surface area contributed by atoms with E-state index in [4.69, 9.17) is 26.8 Å². The van der Waals surface area contributed by atoms with Gasteiger partial charge in [0.25, 0.3) is 0 Å². The van der Waals surface area contributed by atoms with Crippen LogP contribution < -0.4 is 5.73 Å². The van der Waals surface area contributed by atoms with Gasteiger partial charge in [0.1, 0.15) is 47.0 Å². The SMILES string of the molecule is CC(C)=O.N#Cc1nn2c(C#N)c(C#N)c(N)nc2c1C#N. The van der Waals surface area contributed by atoms with Crippen molar-refractivity contribution in [2.75, 3.05) is 5.73 Å². The Kier molecular flexibility index (Phi) is 4.74. The Balaban J connectivity index is 0.000000541. The standard InChI is InChI=1S/C10H2N8.C3H6O/c11-1-5-7(3-13)17-18-8(4-14)6(2-12)9(15)16-10(5)18;1-3(2)4/h(H2,15,16);1-2H3. The lowest BCUT2D eigenvalue weighted by molar-refractivity contribution is -0.114. The Bertz CT molecular complexity index is 923. The molecule has 9 nitrogen and oxygen atoms in total. The highest BCUT2D eigenvalue weighted by Crippen LogP contribution is 2.20. The number of rotatable bonds is 0. The van der Waals surface area contributed by atoms with Gasteiger partial charge in [0, 0.05) is 0 Å². The lowest BCUT2D eigenvalue weighted by atomic mass is 10.2. The molecule has 0 radical (unpaired) electrons. The topological polar surface area (TPSA) is 168 Å². The summed E-state index contributed by atoms with van der Waals surface area (Å²) in [5.41, 5.74) is 4.98. The number of nitrogens with zero attached hydrogens (tertiary/aromatic N) is 7. The molecule has 106 valence electrons. The minimum atomic E-state index is -0.178. The molecule has 0 amide bonds. The third kappa shape index (κ3) is 2.80. The van der Waals surface area contributed by atoms with Crippen molar-refractivity contribution in [3.05, 3.63) is 22.5 Å². The van der Waals surface area contributed by atoms with Crippen molar-refractivity contribution in [3.8, 4) is 24.3 Å². The number of nitrogens with two attached hydrogens (primary N) is 1. The van der Waals surface area contributed by atoms with Crippen molar-refractivity contribution in [3.63, 3.8) is 0 Å². The van der Waals surface area contributed by atoms with Crippen LogP contribution in [-0.2, 0) is 4.79 Å². The third-order valence-electron chi connectivity index (χ3n) is 2.23. The minimum absolute atomic E-state index is 0.0119. The van der Waals surface area contributed by atoms with E-state index in [9.17, 15) is 4.79 Å². The van der Waals surface area contributed by atoms with Crippen LogP contribution in [0.2, 0.25) is 0 Å². The normalized spacial score (nSPS) is 8.64. The highest BCUT2D eigenvalue weighted by Gasteiger charge is 2.20. The van der Waals surface area contributed by atoms with Crippen molar-refractivity contribution in [1.82, 2.24) is 14.6 Å². The second kappa shape index (κ2) is 6.47. The second-order valence-corrected chi connectivity index (χ2v) is 4.04. The van der Waals surface area contributed by atoms with E-state index in [0.717, 1.165) is 4.52 Å². The highest BCUT2D eigenvalue weighted by molar-refractivity contribution is 5.72. The van der Waals surface area contributed by atoms with Gasteiger partial charge < -0.3 is 10.5 Å². The van der Waals surface area contributed by atoms with E-state index in [1.165, 1.54) is 13.8 Å². The fraction of sp³-hybridized carbons (Fsp3) is 0.154. The summed E-state index contributed by atoms with van der Waals surface area (Å²) in [5, 5.41) is 39.4. The average Bonchev–Trinajstić information content (AvgIpc) is 2.82. The molecule has 0 aromatic carbocycles. The van der Waals surface area contributed by atoms with E-state index in [1.54, 1.807) is 24.3 Å². The van der Waals surface area contributed by atoms with Crippen molar-refractivity contribution >= 4 is 17.2 Å². The summed E-state index contributed by atoms with van der Waals surface area (Å²) in [6, 6.07) is 6.98. The van der Waals surface area contributed by atoms with E-state index in [-0.39, 0.29) is 39.8 Å². The van der Waals surface area contributed by atoms with Crippen LogP contribution in [0.5, 0.6) is 0 Å². The Hall–Kier alpha value is -3.95. The molecule has 22 heavy (non-hydrogen) atoms. The molecule has 0 spiro atoms. The predicted molar refractivity (Wildman–Crippen MR) is 72.6 cm³/mol. The van der Waals surface area contributed by atoms with Gasteiger partial charge in [-0.05, 0) is 13.8 Å². The number of fused-ring (bicyclic) bond motifs is 1. The summed E-state index contributed by atoms with van der Waals surface area (Å²) < 4.78 is 0.978. The molecule has 0 atom stereocenters. The monoisotopic (exact) mass is 292 g/mol. The van der Waals surface area contributed by atoms with Crippen LogP contribution in [-0.4, -0.2) is 20.4 Å². The van der Waals surface area contributed by atoms with Gasteiger partial charge in [-0.3, -0.25) is 0 Å². The quantitative estimate of drug-likeness (QED) is 0.726. The predicted octanol–water partition coefficient (Wildman–Crippen LogP) is 0.394. The maximum atomic E-state index is 9.44. The molecule has 0 aliphatic heterocycles. The number of ketones is 1. The number of hydrogen-bond acceptors (Lipinski definition) is 8. The number of hydrogen-bond donors (Lipinski definition) is 1. The van der Waals surface area contributed by atoms with Gasteiger partial charge in [-0.1, -0.05) is 0 Å². The first-order chi connectivity index (χ1) is 10.4. The molecule has 2 rings (SSSR count). The molecule has 0 bridgehead atoms. The molecule has 0 fully saturated rings. The molecule has 2 aromatic heterocycles. The fourth-order valence-electron chi connectivity index (χ4n) is 1.46. The summed E-state index contributed by atoms with van der Waals surface area (Å²) in [4.78, 5) is 13.3. The molecule has 9 heteroatoms. The Morgan fingerprint density at radius 3 is 2.00 bits per heavy atom. The van der Waals surface area contributed by atoms with Gasteiger partial charge in [-0.25, -0.2) is 9.50 Å². The molecule has 0 unspecified atom stereocenters. The van der Waals surface area contributed by atoms with Crippen LogP contribution in [0.1, 0.15) is 36.4 Å². The van der Waals surface area contributed by atoms with E-state index >= 15 is 0 Å². The van der Waals surface area contributed by atoms with Crippen molar-refractivity contribution < 1.29 is 4.79 Å². The fourth-order valence-corrected chi connectivity index (χ4v) is 1.46. The van der Waals surface area contributed by atoms with E-state index in [0.29, 0.717) is 0 Å². The summed E-state index contributed by atoms with van der Waals surface area (Å²) in [6.45, 7) is 3.06. The van der Waals surface area contributed by atoms with E-state index in [1.807, 2.05) is 0 Å². The van der Waals surface area contributed by atoms with Crippen molar-refractivity contribution in [2.45, 2.75) is 13.8 Å². The number of anilines is 1. The maximum absolute atomic E-state index is 9.44. The molecule has 0 saturated heterocycles.